The second kappa shape index (κ2) is 9.79. The zero-order valence-corrected chi connectivity index (χ0v) is 19.5. The highest BCUT2D eigenvalue weighted by molar-refractivity contribution is 7.15. The highest BCUT2D eigenvalue weighted by atomic mass is 32.1. The summed E-state index contributed by atoms with van der Waals surface area (Å²) in [7, 11) is 1.58. The number of nitrogens with zero attached hydrogens (tertiary/aromatic N) is 3. The Morgan fingerprint density at radius 3 is 2.52 bits per heavy atom. The first-order valence-electron chi connectivity index (χ1n) is 10.5. The molecule has 4 aromatic rings. The lowest BCUT2D eigenvalue weighted by atomic mass is 10.1. The van der Waals surface area contributed by atoms with Gasteiger partial charge in [-0.1, -0.05) is 36.4 Å². The Morgan fingerprint density at radius 1 is 1.03 bits per heavy atom. The van der Waals surface area contributed by atoms with E-state index in [1.54, 1.807) is 24.5 Å². The number of amides is 1. The molecule has 0 aliphatic rings. The first-order valence-corrected chi connectivity index (χ1v) is 11.3. The number of para-hydroxylation sites is 1. The third-order valence-corrected chi connectivity index (χ3v) is 6.45. The van der Waals surface area contributed by atoms with Crippen LogP contribution in [0.15, 0.2) is 65.5 Å². The van der Waals surface area contributed by atoms with E-state index in [1.165, 1.54) is 6.07 Å². The van der Waals surface area contributed by atoms with Gasteiger partial charge in [-0.15, -0.1) is 11.3 Å². The predicted molar refractivity (Wildman–Crippen MR) is 129 cm³/mol. The van der Waals surface area contributed by atoms with E-state index in [0.717, 1.165) is 37.0 Å². The van der Waals surface area contributed by atoms with Crippen LogP contribution in [0.5, 0.6) is 5.75 Å². The molecule has 0 atom stereocenters. The highest BCUT2D eigenvalue weighted by Gasteiger charge is 2.14. The lowest BCUT2D eigenvalue weighted by molar-refractivity contribution is -0.122. The third kappa shape index (κ3) is 5.01. The SMILES string of the molecule is COc1ccccc1-c1ccc(=O)n(CC(=O)NCc2sc(-c3ccccc3C)nc2C)n1. The van der Waals surface area contributed by atoms with Crippen LogP contribution in [0.3, 0.4) is 0 Å². The number of ether oxygens (including phenoxy) is 1. The maximum atomic E-state index is 12.6. The smallest absolute Gasteiger partial charge is 0.267 e. The maximum Gasteiger partial charge on any atom is 0.267 e. The van der Waals surface area contributed by atoms with Crippen molar-refractivity contribution in [2.45, 2.75) is 26.9 Å². The summed E-state index contributed by atoms with van der Waals surface area (Å²) < 4.78 is 6.54. The summed E-state index contributed by atoms with van der Waals surface area (Å²) in [5.41, 5.74) is 4.08. The van der Waals surface area contributed by atoms with Crippen LogP contribution < -0.4 is 15.6 Å². The number of rotatable bonds is 7. The minimum atomic E-state index is -0.348. The number of thiazole rings is 1. The molecule has 1 N–H and O–H groups in total. The molecule has 0 spiro atoms. The van der Waals surface area contributed by atoms with E-state index >= 15 is 0 Å². The van der Waals surface area contributed by atoms with Gasteiger partial charge in [-0.2, -0.15) is 5.10 Å². The van der Waals surface area contributed by atoms with Crippen LogP contribution >= 0.6 is 11.3 Å². The van der Waals surface area contributed by atoms with Gasteiger partial charge in [0.05, 0.1) is 25.0 Å². The first-order chi connectivity index (χ1) is 16.0. The summed E-state index contributed by atoms with van der Waals surface area (Å²) in [5.74, 6) is 0.344. The van der Waals surface area contributed by atoms with Crippen molar-refractivity contribution in [3.8, 4) is 27.6 Å². The van der Waals surface area contributed by atoms with Crippen molar-refractivity contribution in [3.05, 3.63) is 87.2 Å². The molecule has 0 aliphatic carbocycles. The number of carbonyl (C=O) groups excluding carboxylic acids is 1. The molecule has 0 saturated heterocycles. The minimum Gasteiger partial charge on any atom is -0.496 e. The van der Waals surface area contributed by atoms with Crippen molar-refractivity contribution < 1.29 is 9.53 Å². The first kappa shape index (κ1) is 22.4. The maximum absolute atomic E-state index is 12.6. The van der Waals surface area contributed by atoms with Crippen molar-refractivity contribution in [2.24, 2.45) is 0 Å². The quantitative estimate of drug-likeness (QED) is 0.451. The number of aromatic nitrogens is 3. The van der Waals surface area contributed by atoms with E-state index < -0.39 is 0 Å². The number of aryl methyl sites for hydroxylation is 2. The zero-order valence-electron chi connectivity index (χ0n) is 18.7. The molecule has 7 nitrogen and oxygen atoms in total. The second-order valence-electron chi connectivity index (χ2n) is 7.53. The molecule has 8 heteroatoms. The van der Waals surface area contributed by atoms with E-state index in [0.29, 0.717) is 18.0 Å². The summed E-state index contributed by atoms with van der Waals surface area (Å²) in [6, 6.07) is 18.5. The van der Waals surface area contributed by atoms with E-state index in [2.05, 4.69) is 28.4 Å². The third-order valence-electron chi connectivity index (χ3n) is 5.26. The molecule has 2 aromatic heterocycles. The molecule has 4 rings (SSSR count). The molecule has 2 heterocycles. The number of hydrogen-bond donors (Lipinski definition) is 1. The molecular formula is C25H24N4O3S. The van der Waals surface area contributed by atoms with Gasteiger partial charge in [-0.3, -0.25) is 9.59 Å². The molecule has 0 saturated carbocycles. The summed E-state index contributed by atoms with van der Waals surface area (Å²) >= 11 is 1.56. The Kier molecular flexibility index (Phi) is 6.65. The molecule has 168 valence electrons. The average molecular weight is 461 g/mol. The number of methoxy groups -OCH3 is 1. The van der Waals surface area contributed by atoms with E-state index in [9.17, 15) is 9.59 Å². The fourth-order valence-electron chi connectivity index (χ4n) is 3.45. The lowest BCUT2D eigenvalue weighted by Crippen LogP contribution is -2.33. The summed E-state index contributed by atoms with van der Waals surface area (Å²) in [5, 5.41) is 8.18. The molecule has 0 radical (unpaired) electrons. The van der Waals surface area contributed by atoms with Gasteiger partial charge >= 0.3 is 0 Å². The average Bonchev–Trinajstić information content (AvgIpc) is 3.19. The van der Waals surface area contributed by atoms with Crippen molar-refractivity contribution in [2.75, 3.05) is 7.11 Å². The molecule has 33 heavy (non-hydrogen) atoms. The zero-order chi connectivity index (χ0) is 23.4. The van der Waals surface area contributed by atoms with Gasteiger partial charge in [-0.05, 0) is 37.6 Å². The number of nitrogens with one attached hydrogen (secondary N) is 1. The molecular weight excluding hydrogens is 436 g/mol. The molecule has 0 bridgehead atoms. The summed E-state index contributed by atoms with van der Waals surface area (Å²) in [6.45, 7) is 4.15. The van der Waals surface area contributed by atoms with E-state index in [1.807, 2.05) is 49.4 Å². The van der Waals surface area contributed by atoms with Crippen molar-refractivity contribution >= 4 is 17.2 Å². The Labute approximate surface area is 195 Å². The van der Waals surface area contributed by atoms with Gasteiger partial charge in [0.2, 0.25) is 5.91 Å². The van der Waals surface area contributed by atoms with Crippen molar-refractivity contribution in [3.63, 3.8) is 0 Å². The van der Waals surface area contributed by atoms with Crippen molar-refractivity contribution in [1.82, 2.24) is 20.1 Å². The fourth-order valence-corrected chi connectivity index (χ4v) is 4.55. The predicted octanol–water partition coefficient (Wildman–Crippen LogP) is 3.98. The minimum absolute atomic E-state index is 0.176. The van der Waals surface area contributed by atoms with Gasteiger partial charge in [0.1, 0.15) is 17.3 Å². The van der Waals surface area contributed by atoms with Crippen LogP contribution in [0.25, 0.3) is 21.8 Å². The fraction of sp³-hybridized carbons (Fsp3) is 0.200. The van der Waals surface area contributed by atoms with Gasteiger partial charge in [0.25, 0.3) is 5.56 Å². The summed E-state index contributed by atoms with van der Waals surface area (Å²) in [6.07, 6.45) is 0. The second-order valence-corrected chi connectivity index (χ2v) is 8.62. The Morgan fingerprint density at radius 2 is 1.76 bits per heavy atom. The van der Waals surface area contributed by atoms with E-state index in [-0.39, 0.29) is 18.0 Å². The molecule has 1 amide bonds. The van der Waals surface area contributed by atoms with Crippen LogP contribution in [0.4, 0.5) is 0 Å². The lowest BCUT2D eigenvalue weighted by Gasteiger charge is -2.10. The highest BCUT2D eigenvalue weighted by Crippen LogP contribution is 2.30. The number of carbonyl (C=O) groups is 1. The molecule has 0 aliphatic heterocycles. The van der Waals surface area contributed by atoms with Gasteiger partial charge in [-0.25, -0.2) is 9.67 Å². The Hall–Kier alpha value is -3.78. The van der Waals surface area contributed by atoms with Crippen LogP contribution in [-0.2, 0) is 17.9 Å². The van der Waals surface area contributed by atoms with Crippen LogP contribution in [-0.4, -0.2) is 27.8 Å². The number of benzene rings is 2. The Bertz CT molecular complexity index is 1360. The van der Waals surface area contributed by atoms with Gasteiger partial charge < -0.3 is 10.1 Å². The monoisotopic (exact) mass is 460 g/mol. The van der Waals surface area contributed by atoms with Crippen LogP contribution in [0.2, 0.25) is 0 Å². The van der Waals surface area contributed by atoms with Crippen LogP contribution in [0.1, 0.15) is 16.1 Å². The van der Waals surface area contributed by atoms with Crippen LogP contribution in [0, 0.1) is 13.8 Å². The van der Waals surface area contributed by atoms with Gasteiger partial charge in [0, 0.05) is 22.1 Å². The largest absolute Gasteiger partial charge is 0.496 e. The summed E-state index contributed by atoms with van der Waals surface area (Å²) in [4.78, 5) is 30.5. The van der Waals surface area contributed by atoms with Gasteiger partial charge in [0.15, 0.2) is 0 Å². The topological polar surface area (TPSA) is 86.1 Å². The molecule has 0 unspecified atom stereocenters. The molecule has 0 fully saturated rings. The normalized spacial score (nSPS) is 10.8. The standard InChI is InChI=1S/C25H24N4O3S/c1-16-8-4-5-9-18(16)25-27-17(2)22(33-25)14-26-23(30)15-29-24(31)13-12-20(28-29)19-10-6-7-11-21(19)32-3/h4-13H,14-15H2,1-3H3,(H,26,30). The van der Waals surface area contributed by atoms with E-state index in [4.69, 9.17) is 4.74 Å². The number of hydrogen-bond acceptors (Lipinski definition) is 6. The molecule has 2 aromatic carbocycles. The van der Waals surface area contributed by atoms with Crippen molar-refractivity contribution in [1.29, 1.82) is 0 Å². The Balaban J connectivity index is 1.47.